The zero-order chi connectivity index (χ0) is 20.5. The molecule has 0 fully saturated rings. The van der Waals surface area contributed by atoms with Crippen molar-refractivity contribution in [2.45, 2.75) is 110 Å². The Hall–Kier alpha value is -0.870. The highest BCUT2D eigenvalue weighted by molar-refractivity contribution is 5.75. The molecule has 4 heteroatoms. The van der Waals surface area contributed by atoms with E-state index in [2.05, 4.69) is 29.7 Å². The maximum absolute atomic E-state index is 11.8. The van der Waals surface area contributed by atoms with Crippen LogP contribution in [-0.2, 0) is 4.79 Å². The zero-order valence-electron chi connectivity index (χ0n) is 18.8. The van der Waals surface area contributed by atoms with Gasteiger partial charge in [0.1, 0.15) is 0 Å². The van der Waals surface area contributed by atoms with Crippen LogP contribution >= 0.6 is 0 Å². The van der Waals surface area contributed by atoms with E-state index in [1.54, 1.807) is 0 Å². The van der Waals surface area contributed by atoms with E-state index in [-0.39, 0.29) is 5.91 Å². The number of allylic oxidation sites excluding steroid dienone is 2. The van der Waals surface area contributed by atoms with Gasteiger partial charge in [-0.05, 0) is 64.6 Å². The van der Waals surface area contributed by atoms with Crippen LogP contribution in [0.25, 0.3) is 0 Å². The molecule has 28 heavy (non-hydrogen) atoms. The number of unbranched alkanes of at least 4 members (excludes halogenated alkanes) is 11. The molecule has 0 aromatic heterocycles. The SMILES string of the molecule is CCCCCCCCC=CCCCCCCCC(=O)NCCCNCCCN. The molecule has 0 aliphatic carbocycles. The maximum atomic E-state index is 11.8. The van der Waals surface area contributed by atoms with Crippen LogP contribution < -0.4 is 16.4 Å². The number of nitrogens with one attached hydrogen (secondary N) is 2. The molecular weight excluding hydrogens is 346 g/mol. The van der Waals surface area contributed by atoms with E-state index >= 15 is 0 Å². The van der Waals surface area contributed by atoms with E-state index in [4.69, 9.17) is 5.73 Å². The second-order valence-corrected chi connectivity index (χ2v) is 7.93. The molecule has 0 heterocycles. The van der Waals surface area contributed by atoms with Crippen LogP contribution in [0, 0.1) is 0 Å². The summed E-state index contributed by atoms with van der Waals surface area (Å²) in [5, 5.41) is 6.33. The standard InChI is InChI=1S/C24H49N3O/c1-2-3-4-5-6-7-8-9-10-11-12-13-14-15-16-19-24(28)27-23-18-22-26-21-17-20-25/h9-10,26H,2-8,11-23,25H2,1H3,(H,27,28). The van der Waals surface area contributed by atoms with Crippen molar-refractivity contribution in [1.29, 1.82) is 0 Å². The Labute approximate surface area is 175 Å². The van der Waals surface area contributed by atoms with Gasteiger partial charge in [0.15, 0.2) is 0 Å². The average Bonchev–Trinajstić information content (AvgIpc) is 2.70. The fraction of sp³-hybridized carbons (Fsp3) is 0.875. The van der Waals surface area contributed by atoms with Gasteiger partial charge in [-0.25, -0.2) is 0 Å². The van der Waals surface area contributed by atoms with E-state index < -0.39 is 0 Å². The molecule has 0 saturated heterocycles. The number of hydrogen-bond acceptors (Lipinski definition) is 3. The van der Waals surface area contributed by atoms with Crippen molar-refractivity contribution in [2.75, 3.05) is 26.2 Å². The first-order valence-corrected chi connectivity index (χ1v) is 12.1. The molecule has 0 rings (SSSR count). The van der Waals surface area contributed by atoms with E-state index in [0.29, 0.717) is 6.42 Å². The van der Waals surface area contributed by atoms with Crippen molar-refractivity contribution < 1.29 is 4.79 Å². The molecule has 0 radical (unpaired) electrons. The third kappa shape index (κ3) is 23.2. The monoisotopic (exact) mass is 395 g/mol. The van der Waals surface area contributed by atoms with Gasteiger partial charge < -0.3 is 16.4 Å². The van der Waals surface area contributed by atoms with Crippen LogP contribution in [0.3, 0.4) is 0 Å². The molecular formula is C24H49N3O. The largest absolute Gasteiger partial charge is 0.356 e. The van der Waals surface area contributed by atoms with E-state index in [0.717, 1.165) is 45.4 Å². The summed E-state index contributed by atoms with van der Waals surface area (Å²) in [5.74, 6) is 0.208. The van der Waals surface area contributed by atoms with Crippen molar-refractivity contribution in [3.05, 3.63) is 12.2 Å². The van der Waals surface area contributed by atoms with Crippen molar-refractivity contribution in [3.8, 4) is 0 Å². The Morgan fingerprint density at radius 3 is 1.93 bits per heavy atom. The highest BCUT2D eigenvalue weighted by Gasteiger charge is 2.00. The van der Waals surface area contributed by atoms with Gasteiger partial charge in [0.25, 0.3) is 0 Å². The minimum Gasteiger partial charge on any atom is -0.356 e. The highest BCUT2D eigenvalue weighted by Crippen LogP contribution is 2.09. The number of carbonyl (C=O) groups is 1. The van der Waals surface area contributed by atoms with Gasteiger partial charge in [-0.2, -0.15) is 0 Å². The third-order valence-electron chi connectivity index (χ3n) is 5.08. The predicted octanol–water partition coefficient (Wildman–Crippen LogP) is 5.47. The molecule has 0 atom stereocenters. The number of rotatable bonds is 22. The summed E-state index contributed by atoms with van der Waals surface area (Å²) in [5.41, 5.74) is 5.44. The summed E-state index contributed by atoms with van der Waals surface area (Å²) in [6, 6.07) is 0. The maximum Gasteiger partial charge on any atom is 0.219 e. The first kappa shape index (κ1) is 27.1. The van der Waals surface area contributed by atoms with Gasteiger partial charge in [-0.15, -0.1) is 0 Å². The Morgan fingerprint density at radius 1 is 0.714 bits per heavy atom. The van der Waals surface area contributed by atoms with Crippen LogP contribution in [0.4, 0.5) is 0 Å². The summed E-state index contributed by atoms with van der Waals surface area (Å²) < 4.78 is 0. The lowest BCUT2D eigenvalue weighted by molar-refractivity contribution is -0.121. The predicted molar refractivity (Wildman–Crippen MR) is 124 cm³/mol. The van der Waals surface area contributed by atoms with Crippen molar-refractivity contribution in [2.24, 2.45) is 5.73 Å². The van der Waals surface area contributed by atoms with E-state index in [1.807, 2.05) is 0 Å². The Kier molecular flexibility index (Phi) is 23.4. The second-order valence-electron chi connectivity index (χ2n) is 7.93. The van der Waals surface area contributed by atoms with Crippen LogP contribution in [-0.4, -0.2) is 32.1 Å². The van der Waals surface area contributed by atoms with Crippen molar-refractivity contribution in [1.82, 2.24) is 10.6 Å². The zero-order valence-corrected chi connectivity index (χ0v) is 18.8. The molecule has 4 N–H and O–H groups in total. The first-order chi connectivity index (χ1) is 13.8. The van der Waals surface area contributed by atoms with Crippen LogP contribution in [0.2, 0.25) is 0 Å². The number of carbonyl (C=O) groups excluding carboxylic acids is 1. The van der Waals surface area contributed by atoms with Crippen LogP contribution in [0.15, 0.2) is 12.2 Å². The number of nitrogens with two attached hydrogens (primary N) is 1. The molecule has 0 saturated carbocycles. The Bertz CT molecular complexity index is 345. The average molecular weight is 396 g/mol. The van der Waals surface area contributed by atoms with Gasteiger partial charge in [0, 0.05) is 13.0 Å². The second kappa shape index (κ2) is 24.2. The Balaban J connectivity index is 3.19. The van der Waals surface area contributed by atoms with E-state index in [1.165, 1.54) is 77.0 Å². The lowest BCUT2D eigenvalue weighted by Crippen LogP contribution is -2.27. The summed E-state index contributed by atoms with van der Waals surface area (Å²) in [6.07, 6.45) is 24.2. The molecule has 0 bridgehead atoms. The van der Waals surface area contributed by atoms with E-state index in [9.17, 15) is 4.79 Å². The van der Waals surface area contributed by atoms with Crippen LogP contribution in [0.5, 0.6) is 0 Å². The summed E-state index contributed by atoms with van der Waals surface area (Å²) >= 11 is 0. The molecule has 0 spiro atoms. The van der Waals surface area contributed by atoms with Crippen molar-refractivity contribution >= 4 is 5.91 Å². The molecule has 1 amide bonds. The lowest BCUT2D eigenvalue weighted by atomic mass is 10.1. The van der Waals surface area contributed by atoms with Gasteiger partial charge >= 0.3 is 0 Å². The first-order valence-electron chi connectivity index (χ1n) is 12.1. The molecule has 4 nitrogen and oxygen atoms in total. The Morgan fingerprint density at radius 2 is 1.29 bits per heavy atom. The van der Waals surface area contributed by atoms with Gasteiger partial charge in [-0.3, -0.25) is 4.79 Å². The number of amides is 1. The molecule has 0 aromatic rings. The molecule has 166 valence electrons. The number of hydrogen-bond donors (Lipinski definition) is 3. The topological polar surface area (TPSA) is 67.2 Å². The molecule has 0 aliphatic rings. The summed E-state index contributed by atoms with van der Waals surface area (Å²) in [4.78, 5) is 11.8. The molecule has 0 aliphatic heterocycles. The summed E-state index contributed by atoms with van der Waals surface area (Å²) in [6.45, 7) is 5.71. The van der Waals surface area contributed by atoms with Crippen molar-refractivity contribution in [3.63, 3.8) is 0 Å². The van der Waals surface area contributed by atoms with Crippen LogP contribution in [0.1, 0.15) is 110 Å². The van der Waals surface area contributed by atoms with Gasteiger partial charge in [-0.1, -0.05) is 70.4 Å². The molecule has 0 aromatic carbocycles. The fourth-order valence-electron chi connectivity index (χ4n) is 3.24. The minimum atomic E-state index is 0.208. The van der Waals surface area contributed by atoms with Gasteiger partial charge in [0.05, 0.1) is 0 Å². The summed E-state index contributed by atoms with van der Waals surface area (Å²) in [7, 11) is 0. The minimum absolute atomic E-state index is 0.208. The highest BCUT2D eigenvalue weighted by atomic mass is 16.1. The quantitative estimate of drug-likeness (QED) is 0.168. The fourth-order valence-corrected chi connectivity index (χ4v) is 3.24. The smallest absolute Gasteiger partial charge is 0.219 e. The lowest BCUT2D eigenvalue weighted by Gasteiger charge is -2.06. The molecule has 0 unspecified atom stereocenters. The third-order valence-corrected chi connectivity index (χ3v) is 5.08. The normalized spacial score (nSPS) is 11.4. The van der Waals surface area contributed by atoms with Gasteiger partial charge in [0.2, 0.25) is 5.91 Å².